The first kappa shape index (κ1) is 18.1. The topological polar surface area (TPSA) is 63.2 Å². The molecule has 1 heterocycles. The average molecular weight is 333 g/mol. The van der Waals surface area contributed by atoms with Gasteiger partial charge in [-0.05, 0) is 31.0 Å². The molecule has 0 saturated carbocycles. The summed E-state index contributed by atoms with van der Waals surface area (Å²) in [4.78, 5) is 17.9. The summed E-state index contributed by atoms with van der Waals surface area (Å²) in [6.45, 7) is 5.66. The summed E-state index contributed by atoms with van der Waals surface area (Å²) in [5, 5.41) is 2.67. The zero-order chi connectivity index (χ0) is 17.4. The molecule has 0 spiro atoms. The van der Waals surface area contributed by atoms with Crippen LogP contribution in [0.3, 0.4) is 0 Å². The Morgan fingerprint density at radius 1 is 1.29 bits per heavy atom. The molecule has 1 aliphatic rings. The number of nitrogens with zero attached hydrogens (tertiary/aromatic N) is 2. The lowest BCUT2D eigenvalue weighted by Crippen LogP contribution is -2.40. The third kappa shape index (κ3) is 4.88. The van der Waals surface area contributed by atoms with E-state index in [1.54, 1.807) is 6.92 Å². The van der Waals surface area contributed by atoms with Gasteiger partial charge in [-0.3, -0.25) is 10.3 Å². The molecule has 6 nitrogen and oxygen atoms in total. The molecule has 1 aromatic carbocycles. The molecular weight excluding hydrogens is 306 g/mol. The van der Waals surface area contributed by atoms with Crippen LogP contribution in [0.25, 0.3) is 0 Å². The molecule has 0 fully saturated rings. The van der Waals surface area contributed by atoms with E-state index in [1.165, 1.54) is 12.8 Å². The largest absolute Gasteiger partial charge is 0.494 e. The molecule has 1 unspecified atom stereocenters. The molecule has 6 heteroatoms. The predicted octanol–water partition coefficient (Wildman–Crippen LogP) is 3.34. The fraction of sp³-hybridized carbons (Fsp3) is 0.556. The number of hydrogen-bond donors (Lipinski definition) is 1. The first-order valence-corrected chi connectivity index (χ1v) is 8.59. The number of benzene rings is 1. The van der Waals surface area contributed by atoms with Crippen LogP contribution < -0.4 is 10.1 Å². The number of carbonyl (C=O) groups excluding carboxylic acids is 1. The van der Waals surface area contributed by atoms with Crippen molar-refractivity contribution in [3.05, 3.63) is 29.8 Å². The SMILES string of the molecule is CCCCCOc1ccc(C2CN=C(NC(=O)OCC)N2C)cc1. The molecule has 1 N–H and O–H groups in total. The Labute approximate surface area is 143 Å². The van der Waals surface area contributed by atoms with Crippen molar-refractivity contribution in [3.63, 3.8) is 0 Å². The maximum atomic E-state index is 11.5. The monoisotopic (exact) mass is 333 g/mol. The zero-order valence-electron chi connectivity index (χ0n) is 14.7. The van der Waals surface area contributed by atoms with Crippen LogP contribution in [0.5, 0.6) is 5.75 Å². The van der Waals surface area contributed by atoms with E-state index >= 15 is 0 Å². The Bertz CT molecular complexity index is 557. The van der Waals surface area contributed by atoms with E-state index in [4.69, 9.17) is 9.47 Å². The van der Waals surface area contributed by atoms with Crippen molar-refractivity contribution in [2.24, 2.45) is 4.99 Å². The molecule has 2 rings (SSSR count). The van der Waals surface area contributed by atoms with Crippen LogP contribution in [0, 0.1) is 0 Å². The Morgan fingerprint density at radius 3 is 2.71 bits per heavy atom. The number of likely N-dealkylation sites (N-methyl/N-ethyl adjacent to an activating group) is 1. The van der Waals surface area contributed by atoms with E-state index < -0.39 is 6.09 Å². The van der Waals surface area contributed by atoms with E-state index in [0.29, 0.717) is 19.1 Å². The maximum absolute atomic E-state index is 11.5. The zero-order valence-corrected chi connectivity index (χ0v) is 14.7. The summed E-state index contributed by atoms with van der Waals surface area (Å²) in [5.74, 6) is 1.43. The highest BCUT2D eigenvalue weighted by Crippen LogP contribution is 2.26. The molecule has 0 aromatic heterocycles. The Balaban J connectivity index is 1.87. The van der Waals surface area contributed by atoms with Crippen LogP contribution in [0.15, 0.2) is 29.3 Å². The molecule has 0 bridgehead atoms. The van der Waals surface area contributed by atoms with Crippen molar-refractivity contribution in [1.82, 2.24) is 10.2 Å². The molecule has 1 aliphatic heterocycles. The standard InChI is InChI=1S/C18H27N3O3/c1-4-6-7-12-24-15-10-8-14(9-11-15)16-13-19-17(21(16)3)20-18(22)23-5-2/h8-11,16H,4-7,12-13H2,1-3H3,(H,19,20,22). The number of aliphatic imine (C=N–C) groups is 1. The smallest absolute Gasteiger partial charge is 0.413 e. The van der Waals surface area contributed by atoms with Crippen LogP contribution in [0.4, 0.5) is 4.79 Å². The third-order valence-electron chi connectivity index (χ3n) is 3.99. The van der Waals surface area contributed by atoms with Crippen LogP contribution in [-0.2, 0) is 4.74 Å². The summed E-state index contributed by atoms with van der Waals surface area (Å²) in [7, 11) is 1.91. The second-order valence-corrected chi connectivity index (χ2v) is 5.76. The summed E-state index contributed by atoms with van der Waals surface area (Å²) in [6.07, 6.45) is 3.00. The lowest BCUT2D eigenvalue weighted by molar-refractivity contribution is 0.156. The van der Waals surface area contributed by atoms with Gasteiger partial charge in [0.15, 0.2) is 0 Å². The van der Waals surface area contributed by atoms with Crippen molar-refractivity contribution in [1.29, 1.82) is 0 Å². The number of amides is 1. The number of ether oxygens (including phenoxy) is 2. The Kier molecular flexibility index (Phi) is 6.90. The highest BCUT2D eigenvalue weighted by atomic mass is 16.5. The summed E-state index contributed by atoms with van der Waals surface area (Å²) >= 11 is 0. The number of carbonyl (C=O) groups is 1. The molecule has 0 radical (unpaired) electrons. The fourth-order valence-electron chi connectivity index (χ4n) is 2.60. The van der Waals surface area contributed by atoms with Crippen molar-refractivity contribution >= 4 is 12.1 Å². The number of rotatable bonds is 7. The van der Waals surface area contributed by atoms with Crippen LogP contribution in [0.1, 0.15) is 44.7 Å². The van der Waals surface area contributed by atoms with Gasteiger partial charge in [-0.1, -0.05) is 31.9 Å². The molecule has 132 valence electrons. The number of hydrogen-bond acceptors (Lipinski definition) is 5. The quantitative estimate of drug-likeness (QED) is 0.777. The van der Waals surface area contributed by atoms with Gasteiger partial charge in [0.2, 0.25) is 5.96 Å². The minimum atomic E-state index is -0.473. The van der Waals surface area contributed by atoms with E-state index in [2.05, 4.69) is 29.4 Å². The molecule has 0 saturated heterocycles. The molecule has 1 atom stereocenters. The maximum Gasteiger partial charge on any atom is 0.413 e. The second kappa shape index (κ2) is 9.15. The van der Waals surface area contributed by atoms with E-state index in [-0.39, 0.29) is 6.04 Å². The van der Waals surface area contributed by atoms with Gasteiger partial charge in [0.05, 0.1) is 25.8 Å². The van der Waals surface area contributed by atoms with Gasteiger partial charge in [-0.2, -0.15) is 0 Å². The third-order valence-corrected chi connectivity index (χ3v) is 3.99. The fourth-order valence-corrected chi connectivity index (χ4v) is 2.60. The van der Waals surface area contributed by atoms with Gasteiger partial charge >= 0.3 is 6.09 Å². The molecule has 1 aromatic rings. The molecule has 1 amide bonds. The number of unbranched alkanes of at least 4 members (excludes halogenated alkanes) is 2. The molecular formula is C18H27N3O3. The van der Waals surface area contributed by atoms with Crippen molar-refractivity contribution in [2.75, 3.05) is 26.8 Å². The highest BCUT2D eigenvalue weighted by Gasteiger charge is 2.27. The summed E-state index contributed by atoms with van der Waals surface area (Å²) < 4.78 is 10.6. The first-order valence-electron chi connectivity index (χ1n) is 8.59. The van der Waals surface area contributed by atoms with Crippen molar-refractivity contribution in [3.8, 4) is 5.75 Å². The number of guanidine groups is 1. The van der Waals surface area contributed by atoms with Gasteiger partial charge in [-0.15, -0.1) is 0 Å². The van der Waals surface area contributed by atoms with Crippen LogP contribution in [0.2, 0.25) is 0 Å². The van der Waals surface area contributed by atoms with Crippen LogP contribution >= 0.6 is 0 Å². The van der Waals surface area contributed by atoms with Gasteiger partial charge in [0, 0.05) is 7.05 Å². The van der Waals surface area contributed by atoms with Gasteiger partial charge < -0.3 is 14.4 Å². The summed E-state index contributed by atoms with van der Waals surface area (Å²) in [5.41, 5.74) is 1.14. The summed E-state index contributed by atoms with van der Waals surface area (Å²) in [6, 6.07) is 8.20. The van der Waals surface area contributed by atoms with Crippen LogP contribution in [-0.4, -0.2) is 43.8 Å². The predicted molar refractivity (Wildman–Crippen MR) is 94.4 cm³/mol. The first-order chi connectivity index (χ1) is 11.7. The average Bonchev–Trinajstić information content (AvgIpc) is 2.93. The van der Waals surface area contributed by atoms with Gasteiger partial charge in [0.25, 0.3) is 0 Å². The Morgan fingerprint density at radius 2 is 2.04 bits per heavy atom. The van der Waals surface area contributed by atoms with Gasteiger partial charge in [0.1, 0.15) is 5.75 Å². The lowest BCUT2D eigenvalue weighted by Gasteiger charge is -2.23. The van der Waals surface area contributed by atoms with E-state index in [1.807, 2.05) is 24.1 Å². The minimum Gasteiger partial charge on any atom is -0.494 e. The van der Waals surface area contributed by atoms with E-state index in [9.17, 15) is 4.79 Å². The number of alkyl carbamates (subject to hydrolysis) is 1. The second-order valence-electron chi connectivity index (χ2n) is 5.76. The van der Waals surface area contributed by atoms with Crippen molar-refractivity contribution < 1.29 is 14.3 Å². The Hall–Kier alpha value is -2.24. The van der Waals surface area contributed by atoms with Gasteiger partial charge in [-0.25, -0.2) is 4.79 Å². The van der Waals surface area contributed by atoms with Crippen molar-refractivity contribution in [2.45, 2.75) is 39.2 Å². The normalized spacial score (nSPS) is 16.7. The molecule has 0 aliphatic carbocycles. The molecule has 24 heavy (non-hydrogen) atoms. The number of nitrogens with one attached hydrogen (secondary N) is 1. The minimum absolute atomic E-state index is 0.107. The van der Waals surface area contributed by atoms with E-state index in [0.717, 1.165) is 24.3 Å². The highest BCUT2D eigenvalue weighted by molar-refractivity contribution is 5.94. The lowest BCUT2D eigenvalue weighted by atomic mass is 10.1.